The highest BCUT2D eigenvalue weighted by Crippen LogP contribution is 1.69. The van der Waals surface area contributed by atoms with Crippen LogP contribution >= 0.6 is 0 Å². The fourth-order valence-electron chi connectivity index (χ4n) is 0.140. The first kappa shape index (κ1) is 6.99. The van der Waals surface area contributed by atoms with Crippen molar-refractivity contribution in [1.82, 2.24) is 0 Å². The summed E-state index contributed by atoms with van der Waals surface area (Å²) in [6, 6.07) is 0. The minimum atomic E-state index is -0.723. The number of carbonyl (C=O) groups is 1. The van der Waals surface area contributed by atoms with Crippen LogP contribution in [0.4, 0.5) is 0 Å². The summed E-state index contributed by atoms with van der Waals surface area (Å²) in [5.74, 6) is 1.61. The largest absolute Gasteiger partial charge is 0.385 e. The van der Waals surface area contributed by atoms with Crippen LogP contribution in [0.5, 0.6) is 0 Å². The molecular weight excluding hydrogens is 108 g/mol. The van der Waals surface area contributed by atoms with Crippen LogP contribution < -0.4 is 0 Å². The summed E-state index contributed by atoms with van der Waals surface area (Å²) in [5.41, 5.74) is 0. The lowest BCUT2D eigenvalue weighted by Gasteiger charge is -1.85. The van der Waals surface area contributed by atoms with E-state index in [0.717, 1.165) is 0 Å². The lowest BCUT2D eigenvalue weighted by Crippen LogP contribution is -2.04. The van der Waals surface area contributed by atoms with E-state index in [1.54, 1.807) is 0 Å². The van der Waals surface area contributed by atoms with Crippen molar-refractivity contribution in [2.75, 3.05) is 6.61 Å². The lowest BCUT2D eigenvalue weighted by atomic mass is 10.7. The van der Waals surface area contributed by atoms with E-state index in [-0.39, 0.29) is 0 Å². The molecule has 3 heteroatoms. The van der Waals surface area contributed by atoms with Crippen LogP contribution in [0.1, 0.15) is 6.92 Å². The molecule has 0 unspecified atom stereocenters. The maximum atomic E-state index is 10.00. The van der Waals surface area contributed by atoms with Crippen LogP contribution in [0.2, 0.25) is 0 Å². The Labute approximate surface area is 47.3 Å². The van der Waals surface area contributed by atoms with Crippen LogP contribution in [-0.4, -0.2) is 17.7 Å². The van der Waals surface area contributed by atoms with E-state index in [4.69, 9.17) is 5.11 Å². The van der Waals surface area contributed by atoms with E-state index in [1.807, 2.05) is 6.11 Å². The van der Waals surface area contributed by atoms with E-state index in [2.05, 4.69) is 10.7 Å². The third-order valence-corrected chi connectivity index (χ3v) is 0.396. The van der Waals surface area contributed by atoms with Gasteiger partial charge >= 0.3 is 5.97 Å². The summed E-state index contributed by atoms with van der Waals surface area (Å²) >= 11 is 0. The molecule has 3 nitrogen and oxygen atoms in total. The Bertz CT molecular complexity index is 128. The smallest absolute Gasteiger partial charge is 0.345 e. The summed E-state index contributed by atoms with van der Waals surface area (Å²) < 4.78 is 4.09. The molecule has 0 heterocycles. The first-order chi connectivity index (χ1) is 3.81. The number of ether oxygens (including phenoxy) is 1. The molecule has 0 aromatic heterocycles. The average Bonchev–Trinajstić information content (AvgIpc) is 1.83. The van der Waals surface area contributed by atoms with E-state index in [9.17, 15) is 4.79 Å². The standard InChI is InChI=1S/C5H6O3/c1-2-3-8-5(7)4-6/h6H,4H2,1H3. The third kappa shape index (κ3) is 3.19. The summed E-state index contributed by atoms with van der Waals surface area (Å²) in [6.45, 7) is 0.916. The molecule has 0 bridgehead atoms. The Morgan fingerprint density at radius 3 is 2.88 bits per heavy atom. The lowest BCUT2D eigenvalue weighted by molar-refractivity contribution is -0.139. The minimum Gasteiger partial charge on any atom is -0.385 e. The van der Waals surface area contributed by atoms with Crippen LogP contribution in [0.15, 0.2) is 0 Å². The molecule has 0 atom stereocenters. The second-order valence-corrected chi connectivity index (χ2v) is 0.984. The van der Waals surface area contributed by atoms with Gasteiger partial charge in [0.2, 0.25) is 0 Å². The van der Waals surface area contributed by atoms with E-state index in [1.165, 1.54) is 6.92 Å². The second-order valence-electron chi connectivity index (χ2n) is 0.984. The molecule has 0 aromatic carbocycles. The van der Waals surface area contributed by atoms with Crippen molar-refractivity contribution in [2.45, 2.75) is 6.92 Å². The maximum absolute atomic E-state index is 10.00. The molecule has 44 valence electrons. The predicted molar refractivity (Wildman–Crippen MR) is 26.6 cm³/mol. The van der Waals surface area contributed by atoms with Crippen molar-refractivity contribution >= 4 is 5.97 Å². The summed E-state index contributed by atoms with van der Waals surface area (Å²) in [6.07, 6.45) is 2.04. The normalized spacial score (nSPS) is 6.75. The fourth-order valence-corrected chi connectivity index (χ4v) is 0.140. The van der Waals surface area contributed by atoms with Crippen molar-refractivity contribution in [3.8, 4) is 12.0 Å². The van der Waals surface area contributed by atoms with Gasteiger partial charge in [-0.3, -0.25) is 0 Å². The quantitative estimate of drug-likeness (QED) is 0.369. The number of hydrogen-bond acceptors (Lipinski definition) is 3. The Balaban J connectivity index is 3.35. The van der Waals surface area contributed by atoms with Crippen LogP contribution in [0.3, 0.4) is 0 Å². The summed E-state index contributed by atoms with van der Waals surface area (Å²) in [4.78, 5) is 10.00. The molecule has 0 amide bonds. The van der Waals surface area contributed by atoms with Gasteiger partial charge in [0.05, 0.1) is 0 Å². The van der Waals surface area contributed by atoms with Crippen molar-refractivity contribution in [3.63, 3.8) is 0 Å². The van der Waals surface area contributed by atoms with Crippen LogP contribution in [-0.2, 0) is 9.53 Å². The van der Waals surface area contributed by atoms with Gasteiger partial charge in [0.1, 0.15) is 12.7 Å². The van der Waals surface area contributed by atoms with E-state index < -0.39 is 12.6 Å². The topological polar surface area (TPSA) is 46.5 Å². The van der Waals surface area contributed by atoms with Gasteiger partial charge in [-0.1, -0.05) is 5.92 Å². The van der Waals surface area contributed by atoms with Gasteiger partial charge in [-0.15, -0.1) is 0 Å². The molecule has 0 spiro atoms. The first-order valence-corrected chi connectivity index (χ1v) is 2.03. The molecule has 0 fully saturated rings. The van der Waals surface area contributed by atoms with Gasteiger partial charge in [-0.05, 0) is 0 Å². The highest BCUT2D eigenvalue weighted by Gasteiger charge is 1.92. The van der Waals surface area contributed by atoms with Gasteiger partial charge < -0.3 is 9.84 Å². The van der Waals surface area contributed by atoms with Crippen molar-refractivity contribution in [2.24, 2.45) is 0 Å². The molecule has 1 N–H and O–H groups in total. The highest BCUT2D eigenvalue weighted by molar-refractivity contribution is 5.71. The maximum Gasteiger partial charge on any atom is 0.345 e. The Kier molecular flexibility index (Phi) is 3.63. The van der Waals surface area contributed by atoms with Crippen molar-refractivity contribution < 1.29 is 14.6 Å². The molecule has 0 aromatic rings. The van der Waals surface area contributed by atoms with E-state index in [0.29, 0.717) is 0 Å². The highest BCUT2D eigenvalue weighted by atomic mass is 16.5. The number of aliphatic hydroxyl groups excluding tert-OH is 1. The van der Waals surface area contributed by atoms with Crippen molar-refractivity contribution in [3.05, 3.63) is 0 Å². The predicted octanol–water partition coefficient (Wildman–Crippen LogP) is -0.497. The number of carbonyl (C=O) groups excluding carboxylic acids is 1. The molecule has 8 heavy (non-hydrogen) atoms. The number of esters is 1. The SMILES string of the molecule is CC#COC(=O)CO. The minimum absolute atomic E-state index is 0.616. The van der Waals surface area contributed by atoms with Gasteiger partial charge in [0.15, 0.2) is 0 Å². The van der Waals surface area contributed by atoms with Gasteiger partial charge in [0, 0.05) is 6.92 Å². The Morgan fingerprint density at radius 1 is 1.88 bits per heavy atom. The van der Waals surface area contributed by atoms with Gasteiger partial charge in [-0.25, -0.2) is 4.79 Å². The van der Waals surface area contributed by atoms with Gasteiger partial charge in [0.25, 0.3) is 0 Å². The molecular formula is C5H6O3. The fraction of sp³-hybridized carbons (Fsp3) is 0.400. The number of rotatable bonds is 1. The molecule has 0 saturated heterocycles. The van der Waals surface area contributed by atoms with Gasteiger partial charge in [-0.2, -0.15) is 0 Å². The molecule has 0 rings (SSSR count). The third-order valence-electron chi connectivity index (χ3n) is 0.396. The zero-order valence-corrected chi connectivity index (χ0v) is 4.47. The first-order valence-electron chi connectivity index (χ1n) is 2.03. The summed E-state index contributed by atoms with van der Waals surface area (Å²) in [7, 11) is 0. The molecule has 0 saturated carbocycles. The van der Waals surface area contributed by atoms with Crippen molar-refractivity contribution in [1.29, 1.82) is 0 Å². The molecule has 0 aliphatic rings. The zero-order chi connectivity index (χ0) is 6.41. The Morgan fingerprint density at radius 2 is 2.50 bits per heavy atom. The van der Waals surface area contributed by atoms with Crippen LogP contribution in [0.25, 0.3) is 0 Å². The molecule has 0 aliphatic carbocycles. The molecule has 0 radical (unpaired) electrons. The average molecular weight is 114 g/mol. The summed E-state index contributed by atoms with van der Waals surface area (Å²) in [5, 5.41) is 8.02. The molecule has 0 aliphatic heterocycles. The monoisotopic (exact) mass is 114 g/mol. The zero-order valence-electron chi connectivity index (χ0n) is 4.47. The number of aliphatic hydroxyl groups is 1. The number of hydrogen-bond donors (Lipinski definition) is 1. The second kappa shape index (κ2) is 4.16. The van der Waals surface area contributed by atoms with Crippen LogP contribution in [0, 0.1) is 12.0 Å². The van der Waals surface area contributed by atoms with E-state index >= 15 is 0 Å². The Hall–Kier alpha value is -1.01.